The normalized spacial score (nSPS) is 12.5. The van der Waals surface area contributed by atoms with Crippen molar-refractivity contribution in [2.24, 2.45) is 5.92 Å². The molecular weight excluding hydrogens is 280 g/mol. The zero-order valence-corrected chi connectivity index (χ0v) is 12.1. The average molecular weight is 299 g/mol. The van der Waals surface area contributed by atoms with Crippen molar-refractivity contribution < 1.29 is 4.79 Å². The summed E-state index contributed by atoms with van der Waals surface area (Å²) in [6, 6.07) is 3.79. The van der Waals surface area contributed by atoms with Gasteiger partial charge in [0.2, 0.25) is 0 Å². The molecule has 1 amide bonds. The molecule has 94 valence electrons. The molecule has 0 radical (unpaired) electrons. The standard InChI is InChI=1S/C13H19BrN2O/c1-9(2)6-7-10(3)16-13(17)12-11(14)5-4-8-15-12/h4-5,8-10H,6-7H2,1-3H3,(H,16,17). The van der Waals surface area contributed by atoms with Gasteiger partial charge in [-0.2, -0.15) is 0 Å². The molecule has 1 rings (SSSR count). The zero-order valence-electron chi connectivity index (χ0n) is 10.5. The van der Waals surface area contributed by atoms with E-state index in [2.05, 4.69) is 40.1 Å². The minimum atomic E-state index is -0.117. The fourth-order valence-electron chi connectivity index (χ4n) is 1.50. The van der Waals surface area contributed by atoms with Crippen molar-refractivity contribution in [1.82, 2.24) is 10.3 Å². The molecule has 4 heteroatoms. The molecule has 1 aromatic heterocycles. The predicted molar refractivity (Wildman–Crippen MR) is 72.9 cm³/mol. The van der Waals surface area contributed by atoms with Crippen molar-refractivity contribution in [3.8, 4) is 0 Å². The predicted octanol–water partition coefficient (Wildman–Crippen LogP) is 3.40. The summed E-state index contributed by atoms with van der Waals surface area (Å²) in [7, 11) is 0. The molecule has 1 unspecified atom stereocenters. The first-order valence-electron chi connectivity index (χ1n) is 5.92. The molecule has 1 N–H and O–H groups in total. The zero-order chi connectivity index (χ0) is 12.8. The van der Waals surface area contributed by atoms with Crippen LogP contribution in [0.3, 0.4) is 0 Å². The van der Waals surface area contributed by atoms with Gasteiger partial charge in [-0.25, -0.2) is 4.98 Å². The van der Waals surface area contributed by atoms with Gasteiger partial charge in [-0.05, 0) is 53.7 Å². The number of nitrogens with zero attached hydrogens (tertiary/aromatic N) is 1. The maximum absolute atomic E-state index is 11.9. The van der Waals surface area contributed by atoms with Gasteiger partial charge < -0.3 is 5.32 Å². The highest BCUT2D eigenvalue weighted by molar-refractivity contribution is 9.10. The SMILES string of the molecule is CC(C)CCC(C)NC(=O)c1ncccc1Br. The lowest BCUT2D eigenvalue weighted by atomic mass is 10.0. The highest BCUT2D eigenvalue weighted by atomic mass is 79.9. The summed E-state index contributed by atoms with van der Waals surface area (Å²) < 4.78 is 0.730. The Labute approximate surface area is 111 Å². The van der Waals surface area contributed by atoms with Gasteiger partial charge in [0.1, 0.15) is 5.69 Å². The number of halogens is 1. The summed E-state index contributed by atoms with van der Waals surface area (Å²) in [5.41, 5.74) is 0.448. The second kappa shape index (κ2) is 6.74. The Balaban J connectivity index is 2.52. The fourth-order valence-corrected chi connectivity index (χ4v) is 1.94. The van der Waals surface area contributed by atoms with Gasteiger partial charge in [0.05, 0.1) is 0 Å². The fraction of sp³-hybridized carbons (Fsp3) is 0.538. The van der Waals surface area contributed by atoms with Crippen molar-refractivity contribution in [3.05, 3.63) is 28.5 Å². The topological polar surface area (TPSA) is 42.0 Å². The highest BCUT2D eigenvalue weighted by Gasteiger charge is 2.13. The summed E-state index contributed by atoms with van der Waals surface area (Å²) in [6.45, 7) is 6.39. The van der Waals surface area contributed by atoms with Crippen LogP contribution >= 0.6 is 15.9 Å². The van der Waals surface area contributed by atoms with Crippen LogP contribution in [0.15, 0.2) is 22.8 Å². The minimum absolute atomic E-state index is 0.117. The molecule has 1 aromatic rings. The van der Waals surface area contributed by atoms with Crippen LogP contribution in [0.1, 0.15) is 44.1 Å². The van der Waals surface area contributed by atoms with Crippen LogP contribution in [-0.2, 0) is 0 Å². The van der Waals surface area contributed by atoms with Crippen LogP contribution < -0.4 is 5.32 Å². The van der Waals surface area contributed by atoms with E-state index in [1.807, 2.05) is 13.0 Å². The van der Waals surface area contributed by atoms with Crippen LogP contribution in [0.4, 0.5) is 0 Å². The third-order valence-corrected chi connectivity index (χ3v) is 3.17. The third-order valence-electron chi connectivity index (χ3n) is 2.53. The van der Waals surface area contributed by atoms with Gasteiger partial charge in [0.15, 0.2) is 0 Å². The van der Waals surface area contributed by atoms with Crippen molar-refractivity contribution in [2.45, 2.75) is 39.7 Å². The second-order valence-corrected chi connectivity index (χ2v) is 5.53. The van der Waals surface area contributed by atoms with Gasteiger partial charge in [-0.1, -0.05) is 13.8 Å². The molecule has 0 bridgehead atoms. The Kier molecular flexibility index (Phi) is 5.62. The summed E-state index contributed by atoms with van der Waals surface area (Å²) in [5, 5.41) is 2.96. The van der Waals surface area contributed by atoms with E-state index in [0.717, 1.165) is 17.3 Å². The monoisotopic (exact) mass is 298 g/mol. The molecule has 0 saturated heterocycles. The molecule has 3 nitrogen and oxygen atoms in total. The molecule has 1 atom stereocenters. The lowest BCUT2D eigenvalue weighted by Gasteiger charge is -2.15. The lowest BCUT2D eigenvalue weighted by molar-refractivity contribution is 0.0931. The van der Waals surface area contributed by atoms with E-state index in [-0.39, 0.29) is 11.9 Å². The molecule has 0 aliphatic heterocycles. The van der Waals surface area contributed by atoms with Gasteiger partial charge in [-0.3, -0.25) is 4.79 Å². The molecule has 0 aromatic carbocycles. The number of aromatic nitrogens is 1. The van der Waals surface area contributed by atoms with Crippen molar-refractivity contribution in [3.63, 3.8) is 0 Å². The number of carbonyl (C=O) groups is 1. The number of rotatable bonds is 5. The van der Waals surface area contributed by atoms with E-state index in [9.17, 15) is 4.79 Å². The van der Waals surface area contributed by atoms with Crippen LogP contribution in [0.5, 0.6) is 0 Å². The molecule has 0 aliphatic rings. The quantitative estimate of drug-likeness (QED) is 0.905. The largest absolute Gasteiger partial charge is 0.348 e. The third kappa shape index (κ3) is 4.86. The summed E-state index contributed by atoms with van der Waals surface area (Å²) >= 11 is 3.33. The molecular formula is C13H19BrN2O. The van der Waals surface area contributed by atoms with E-state index in [4.69, 9.17) is 0 Å². The van der Waals surface area contributed by atoms with Crippen LogP contribution in [-0.4, -0.2) is 16.9 Å². The van der Waals surface area contributed by atoms with Gasteiger partial charge in [0, 0.05) is 16.7 Å². The van der Waals surface area contributed by atoms with Crippen molar-refractivity contribution >= 4 is 21.8 Å². The van der Waals surface area contributed by atoms with Crippen LogP contribution in [0.2, 0.25) is 0 Å². The smallest absolute Gasteiger partial charge is 0.271 e. The first kappa shape index (κ1) is 14.2. The Hall–Kier alpha value is -0.900. The van der Waals surface area contributed by atoms with E-state index in [1.54, 1.807) is 12.3 Å². The number of hydrogen-bond acceptors (Lipinski definition) is 2. The lowest BCUT2D eigenvalue weighted by Crippen LogP contribution is -2.33. The molecule has 1 heterocycles. The molecule has 0 aliphatic carbocycles. The summed E-state index contributed by atoms with van der Waals surface area (Å²) in [4.78, 5) is 16.0. The van der Waals surface area contributed by atoms with E-state index < -0.39 is 0 Å². The van der Waals surface area contributed by atoms with Crippen LogP contribution in [0.25, 0.3) is 0 Å². The first-order chi connectivity index (χ1) is 8.00. The van der Waals surface area contributed by atoms with Gasteiger partial charge >= 0.3 is 0 Å². The number of hydrogen-bond donors (Lipinski definition) is 1. The van der Waals surface area contributed by atoms with Crippen molar-refractivity contribution in [2.75, 3.05) is 0 Å². The van der Waals surface area contributed by atoms with Gasteiger partial charge in [0.25, 0.3) is 5.91 Å². The number of amides is 1. The van der Waals surface area contributed by atoms with Crippen molar-refractivity contribution in [1.29, 1.82) is 0 Å². The maximum atomic E-state index is 11.9. The molecule has 0 spiro atoms. The summed E-state index contributed by atoms with van der Waals surface area (Å²) in [6.07, 6.45) is 3.73. The maximum Gasteiger partial charge on any atom is 0.271 e. The van der Waals surface area contributed by atoms with E-state index >= 15 is 0 Å². The van der Waals surface area contributed by atoms with E-state index in [1.165, 1.54) is 0 Å². The Morgan fingerprint density at radius 2 is 2.12 bits per heavy atom. The number of nitrogens with one attached hydrogen (secondary N) is 1. The highest BCUT2D eigenvalue weighted by Crippen LogP contribution is 2.13. The Morgan fingerprint density at radius 1 is 1.41 bits per heavy atom. The van der Waals surface area contributed by atoms with E-state index in [0.29, 0.717) is 11.6 Å². The number of pyridine rings is 1. The average Bonchev–Trinajstić information content (AvgIpc) is 2.26. The Morgan fingerprint density at radius 3 is 2.71 bits per heavy atom. The summed E-state index contributed by atoms with van der Waals surface area (Å²) in [5.74, 6) is 0.546. The molecule has 0 saturated carbocycles. The number of carbonyl (C=O) groups excluding carboxylic acids is 1. The van der Waals surface area contributed by atoms with Gasteiger partial charge in [-0.15, -0.1) is 0 Å². The minimum Gasteiger partial charge on any atom is -0.348 e. The second-order valence-electron chi connectivity index (χ2n) is 4.68. The first-order valence-corrected chi connectivity index (χ1v) is 6.71. The Bertz CT molecular complexity index is 379. The van der Waals surface area contributed by atoms with Crippen LogP contribution in [0, 0.1) is 5.92 Å². The molecule has 17 heavy (non-hydrogen) atoms. The molecule has 0 fully saturated rings.